The lowest BCUT2D eigenvalue weighted by molar-refractivity contribution is -0.136. The van der Waals surface area contributed by atoms with Gasteiger partial charge in [-0.2, -0.15) is 0 Å². The van der Waals surface area contributed by atoms with Gasteiger partial charge in [-0.05, 0) is 6.42 Å². The number of carbonyl (C=O) groups excluding carboxylic acids is 1. The van der Waals surface area contributed by atoms with Crippen LogP contribution in [0.3, 0.4) is 0 Å². The van der Waals surface area contributed by atoms with E-state index in [9.17, 15) is 4.79 Å². The Hall–Kier alpha value is -0.310. The normalized spacial score (nSPS) is 12.3. The van der Waals surface area contributed by atoms with Crippen molar-refractivity contribution in [1.29, 1.82) is 0 Å². The first-order valence-corrected chi connectivity index (χ1v) is 4.00. The highest BCUT2D eigenvalue weighted by Gasteiger charge is 2.08. The van der Waals surface area contributed by atoms with Crippen molar-refractivity contribution < 1.29 is 9.53 Å². The molecule has 0 heterocycles. The van der Waals surface area contributed by atoms with Crippen molar-refractivity contribution >= 4 is 21.9 Å². The lowest BCUT2D eigenvalue weighted by Gasteiger charge is -2.08. The summed E-state index contributed by atoms with van der Waals surface area (Å²) >= 11 is 3.29. The molecule has 0 aromatic heterocycles. The smallest absolute Gasteiger partial charge is 0.307 e. The van der Waals surface area contributed by atoms with Crippen LogP contribution in [-0.2, 0) is 9.53 Å². The van der Waals surface area contributed by atoms with Crippen molar-refractivity contribution in [3.8, 4) is 0 Å². The van der Waals surface area contributed by atoms with E-state index in [1.807, 2.05) is 6.92 Å². The van der Waals surface area contributed by atoms with E-state index in [-0.39, 0.29) is 10.8 Å². The summed E-state index contributed by atoms with van der Waals surface area (Å²) in [6.07, 6.45) is 0.867. The molecule has 0 rings (SSSR count). The highest BCUT2D eigenvalue weighted by Crippen LogP contribution is 2.14. The number of alkyl halides is 1. The lowest BCUT2D eigenvalue weighted by atomic mass is 10.3. The van der Waals surface area contributed by atoms with E-state index in [4.69, 9.17) is 4.74 Å². The molecule has 0 aliphatic rings. The van der Waals surface area contributed by atoms with E-state index in [1.165, 1.54) is 6.92 Å². The average Bonchev–Trinajstić information content (AvgIpc) is 1.85. The summed E-state index contributed by atoms with van der Waals surface area (Å²) in [4.78, 5) is 10.5. The number of carbonyl (C=O) groups is 1. The van der Waals surface area contributed by atoms with Crippen LogP contribution in [0.5, 0.6) is 0 Å². The van der Waals surface area contributed by atoms with Gasteiger partial charge in [0, 0.05) is 6.92 Å². The molecule has 1 unspecified atom stereocenters. The Morgan fingerprint density at radius 2 is 2.30 bits per heavy atom. The maximum atomic E-state index is 10.4. The van der Waals surface area contributed by atoms with Gasteiger partial charge in [0.2, 0.25) is 0 Å². The van der Waals surface area contributed by atoms with E-state index >= 15 is 0 Å². The molecule has 0 aliphatic heterocycles. The zero-order valence-electron chi connectivity index (χ0n) is 6.19. The van der Waals surface area contributed by atoms with Crippen LogP contribution in [0.2, 0.25) is 0 Å². The van der Waals surface area contributed by atoms with Gasteiger partial charge < -0.3 is 4.74 Å². The highest BCUT2D eigenvalue weighted by atomic mass is 79.9. The fourth-order valence-electron chi connectivity index (χ4n) is 0.476. The largest absolute Gasteiger partial charge is 0.431 e. The molecule has 0 aliphatic carbocycles. The number of allylic oxidation sites excluding steroid dienone is 1. The maximum Gasteiger partial charge on any atom is 0.307 e. The average molecular weight is 207 g/mol. The molecule has 0 bridgehead atoms. The van der Waals surface area contributed by atoms with Crippen LogP contribution in [-0.4, -0.2) is 10.8 Å². The zero-order chi connectivity index (χ0) is 8.15. The second-order valence-electron chi connectivity index (χ2n) is 1.94. The summed E-state index contributed by atoms with van der Waals surface area (Å²) in [7, 11) is 0. The van der Waals surface area contributed by atoms with E-state index in [2.05, 4.69) is 22.5 Å². The molecule has 58 valence electrons. The van der Waals surface area contributed by atoms with E-state index < -0.39 is 0 Å². The van der Waals surface area contributed by atoms with E-state index in [1.54, 1.807) is 0 Å². The summed E-state index contributed by atoms with van der Waals surface area (Å²) < 4.78 is 4.72. The van der Waals surface area contributed by atoms with Gasteiger partial charge in [-0.25, -0.2) is 0 Å². The molecule has 2 nitrogen and oxygen atoms in total. The molecule has 0 fully saturated rings. The summed E-state index contributed by atoms with van der Waals surface area (Å²) in [5.41, 5.74) is 0. The highest BCUT2D eigenvalue weighted by molar-refractivity contribution is 9.09. The Balaban J connectivity index is 3.73. The quantitative estimate of drug-likeness (QED) is 0.403. The first-order chi connectivity index (χ1) is 4.57. The standard InChI is InChI=1S/C7H11BrO2/c1-4-7(8)5(2)10-6(3)9/h7H,2,4H2,1,3H3. The lowest BCUT2D eigenvalue weighted by Crippen LogP contribution is -2.06. The molecular formula is C7H11BrO2. The van der Waals surface area contributed by atoms with Gasteiger partial charge in [-0.15, -0.1) is 0 Å². The number of rotatable bonds is 3. The third-order valence-electron chi connectivity index (χ3n) is 0.983. The molecule has 0 spiro atoms. The zero-order valence-corrected chi connectivity index (χ0v) is 7.77. The summed E-state index contributed by atoms with van der Waals surface area (Å²) in [5, 5.41) is 0. The second kappa shape index (κ2) is 4.50. The molecule has 0 amide bonds. The van der Waals surface area contributed by atoms with Gasteiger partial charge in [-0.1, -0.05) is 29.4 Å². The van der Waals surface area contributed by atoms with Crippen molar-refractivity contribution in [3.05, 3.63) is 12.3 Å². The SMILES string of the molecule is C=C(OC(C)=O)C(Br)CC. The molecule has 10 heavy (non-hydrogen) atoms. The summed E-state index contributed by atoms with van der Waals surface area (Å²) in [5.74, 6) is 0.165. The van der Waals surface area contributed by atoms with Crippen LogP contribution in [0.1, 0.15) is 20.3 Å². The number of esters is 1. The minimum absolute atomic E-state index is 0.0800. The molecule has 1 atom stereocenters. The number of hydrogen-bond donors (Lipinski definition) is 0. The first kappa shape index (κ1) is 9.69. The van der Waals surface area contributed by atoms with Crippen LogP contribution < -0.4 is 0 Å². The third kappa shape index (κ3) is 3.67. The van der Waals surface area contributed by atoms with Crippen molar-refractivity contribution in [2.45, 2.75) is 25.1 Å². The molecular weight excluding hydrogens is 196 g/mol. The maximum absolute atomic E-state index is 10.4. The first-order valence-electron chi connectivity index (χ1n) is 3.09. The Labute approximate surface area is 69.4 Å². The van der Waals surface area contributed by atoms with Crippen molar-refractivity contribution in [2.75, 3.05) is 0 Å². The predicted octanol–water partition coefficient (Wildman–Crippen LogP) is 2.24. The fraction of sp³-hybridized carbons (Fsp3) is 0.571. The van der Waals surface area contributed by atoms with Gasteiger partial charge in [0.05, 0.1) is 4.83 Å². The number of hydrogen-bond acceptors (Lipinski definition) is 2. The van der Waals surface area contributed by atoms with Gasteiger partial charge in [0.25, 0.3) is 0 Å². The monoisotopic (exact) mass is 206 g/mol. The number of ether oxygens (including phenoxy) is 1. The minimum atomic E-state index is -0.317. The Bertz CT molecular complexity index is 143. The Kier molecular flexibility index (Phi) is 4.36. The van der Waals surface area contributed by atoms with Crippen LogP contribution in [0.15, 0.2) is 12.3 Å². The third-order valence-corrected chi connectivity index (χ3v) is 2.14. The predicted molar refractivity (Wildman–Crippen MR) is 43.9 cm³/mol. The Morgan fingerprint density at radius 1 is 1.80 bits per heavy atom. The van der Waals surface area contributed by atoms with Gasteiger partial charge >= 0.3 is 5.97 Å². The van der Waals surface area contributed by atoms with Crippen LogP contribution in [0, 0.1) is 0 Å². The molecule has 0 aromatic carbocycles. The molecule has 0 N–H and O–H groups in total. The van der Waals surface area contributed by atoms with Crippen molar-refractivity contribution in [3.63, 3.8) is 0 Å². The fourth-order valence-corrected chi connectivity index (χ4v) is 0.570. The minimum Gasteiger partial charge on any atom is -0.431 e. The van der Waals surface area contributed by atoms with Gasteiger partial charge in [0.1, 0.15) is 5.76 Å². The van der Waals surface area contributed by atoms with E-state index in [0.29, 0.717) is 5.76 Å². The second-order valence-corrected chi connectivity index (χ2v) is 3.04. The van der Waals surface area contributed by atoms with Crippen LogP contribution in [0.4, 0.5) is 0 Å². The van der Waals surface area contributed by atoms with Gasteiger partial charge in [-0.3, -0.25) is 4.79 Å². The molecule has 0 saturated heterocycles. The molecule has 0 saturated carbocycles. The van der Waals surface area contributed by atoms with Crippen LogP contribution >= 0.6 is 15.9 Å². The summed E-state index contributed by atoms with van der Waals surface area (Å²) in [6.45, 7) is 6.92. The Morgan fingerprint density at radius 3 is 2.60 bits per heavy atom. The number of halogens is 1. The molecule has 0 aromatic rings. The van der Waals surface area contributed by atoms with Crippen molar-refractivity contribution in [1.82, 2.24) is 0 Å². The van der Waals surface area contributed by atoms with Gasteiger partial charge in [0.15, 0.2) is 0 Å². The molecule has 3 heteroatoms. The van der Waals surface area contributed by atoms with Crippen molar-refractivity contribution in [2.24, 2.45) is 0 Å². The van der Waals surface area contributed by atoms with E-state index in [0.717, 1.165) is 6.42 Å². The van der Waals surface area contributed by atoms with Crippen LogP contribution in [0.25, 0.3) is 0 Å². The summed E-state index contributed by atoms with van der Waals surface area (Å²) in [6, 6.07) is 0. The topological polar surface area (TPSA) is 26.3 Å². The molecule has 0 radical (unpaired) electrons.